The lowest BCUT2D eigenvalue weighted by atomic mass is 10.1. The fourth-order valence-electron chi connectivity index (χ4n) is 0.806. The zero-order chi connectivity index (χ0) is 10.4. The Morgan fingerprint density at radius 1 is 1.54 bits per heavy atom. The Morgan fingerprint density at radius 2 is 2.08 bits per heavy atom. The Kier molecular flexibility index (Phi) is 5.01. The van der Waals surface area contributed by atoms with Crippen LogP contribution in [0.1, 0.15) is 13.3 Å². The Balaban J connectivity index is 4.10. The molecule has 0 spiro atoms. The van der Waals surface area contributed by atoms with Crippen molar-refractivity contribution in [2.24, 2.45) is 11.5 Å². The molecule has 2 atom stereocenters. The van der Waals surface area contributed by atoms with Crippen molar-refractivity contribution >= 4 is 11.8 Å². The number of hydrogen-bond donors (Lipinski definition) is 4. The van der Waals surface area contributed by atoms with E-state index < -0.39 is 24.0 Å². The summed E-state index contributed by atoms with van der Waals surface area (Å²) in [4.78, 5) is 21.6. The third-order valence-electron chi connectivity index (χ3n) is 1.48. The van der Waals surface area contributed by atoms with Crippen molar-refractivity contribution in [1.29, 1.82) is 0 Å². The number of aliphatic hydroxyl groups excluding tert-OH is 1. The zero-order valence-electron chi connectivity index (χ0n) is 7.49. The molecule has 2 amide bonds. The normalized spacial score (nSPS) is 14.7. The molecule has 0 heterocycles. The first-order valence-electron chi connectivity index (χ1n) is 3.95. The predicted octanol–water partition coefficient (Wildman–Crippen LogP) is -2.31. The van der Waals surface area contributed by atoms with Gasteiger partial charge in [-0.3, -0.25) is 9.59 Å². The first-order valence-corrected chi connectivity index (χ1v) is 3.95. The maximum atomic E-state index is 11.0. The molecule has 0 aromatic rings. The van der Waals surface area contributed by atoms with Crippen molar-refractivity contribution in [3.8, 4) is 0 Å². The van der Waals surface area contributed by atoms with Gasteiger partial charge in [0.15, 0.2) is 0 Å². The highest BCUT2D eigenvalue weighted by Crippen LogP contribution is 1.92. The van der Waals surface area contributed by atoms with Crippen LogP contribution >= 0.6 is 0 Å². The summed E-state index contributed by atoms with van der Waals surface area (Å²) >= 11 is 0. The van der Waals surface area contributed by atoms with Gasteiger partial charge in [-0.2, -0.15) is 0 Å². The number of aliphatic hydroxyl groups is 1. The molecule has 0 rings (SSSR count). The molecule has 0 fully saturated rings. The molecule has 13 heavy (non-hydrogen) atoms. The standard InChI is InChI=1S/C7H15N3O3/c1-4(11)6(7(9)13)10-5(12)2-3-8/h4,6,11H,2-3,8H2,1H3,(H2,9,13)(H,10,12). The second-order valence-electron chi connectivity index (χ2n) is 2.73. The van der Waals surface area contributed by atoms with E-state index in [4.69, 9.17) is 16.6 Å². The van der Waals surface area contributed by atoms with Crippen LogP contribution in [0.15, 0.2) is 0 Å². The van der Waals surface area contributed by atoms with Crippen molar-refractivity contribution in [3.05, 3.63) is 0 Å². The minimum absolute atomic E-state index is 0.108. The van der Waals surface area contributed by atoms with Gasteiger partial charge in [-0.1, -0.05) is 0 Å². The highest BCUT2D eigenvalue weighted by atomic mass is 16.3. The van der Waals surface area contributed by atoms with Gasteiger partial charge in [-0.25, -0.2) is 0 Å². The van der Waals surface area contributed by atoms with Gasteiger partial charge in [-0.15, -0.1) is 0 Å². The molecule has 0 aliphatic rings. The number of nitrogens with two attached hydrogens (primary N) is 2. The summed E-state index contributed by atoms with van der Waals surface area (Å²) in [5, 5.41) is 11.3. The Labute approximate surface area is 76.3 Å². The van der Waals surface area contributed by atoms with Crippen LogP contribution < -0.4 is 16.8 Å². The van der Waals surface area contributed by atoms with Gasteiger partial charge in [-0.05, 0) is 6.92 Å². The molecule has 6 heteroatoms. The molecule has 0 saturated carbocycles. The van der Waals surface area contributed by atoms with Gasteiger partial charge >= 0.3 is 0 Å². The molecular formula is C7H15N3O3. The lowest BCUT2D eigenvalue weighted by Gasteiger charge is -2.17. The summed E-state index contributed by atoms with van der Waals surface area (Å²) in [5.74, 6) is -1.16. The van der Waals surface area contributed by atoms with Crippen LogP contribution in [0.25, 0.3) is 0 Å². The quantitative estimate of drug-likeness (QED) is 0.388. The monoisotopic (exact) mass is 189 g/mol. The van der Waals surface area contributed by atoms with E-state index in [9.17, 15) is 9.59 Å². The maximum Gasteiger partial charge on any atom is 0.242 e. The SMILES string of the molecule is CC(O)C(NC(=O)CCN)C(N)=O. The molecule has 0 aliphatic carbocycles. The van der Waals surface area contributed by atoms with E-state index in [1.54, 1.807) is 0 Å². The summed E-state index contributed by atoms with van der Waals surface area (Å²) in [6.07, 6.45) is -0.893. The van der Waals surface area contributed by atoms with Crippen LogP contribution in [0.4, 0.5) is 0 Å². The molecule has 0 aromatic heterocycles. The van der Waals surface area contributed by atoms with E-state index in [1.165, 1.54) is 6.92 Å². The summed E-state index contributed by atoms with van der Waals surface area (Å²) in [7, 11) is 0. The van der Waals surface area contributed by atoms with Crippen LogP contribution in [0, 0.1) is 0 Å². The Hall–Kier alpha value is -1.14. The zero-order valence-corrected chi connectivity index (χ0v) is 7.49. The number of carbonyl (C=O) groups is 2. The summed E-state index contributed by atoms with van der Waals surface area (Å²) in [6.45, 7) is 1.56. The van der Waals surface area contributed by atoms with Crippen molar-refractivity contribution in [1.82, 2.24) is 5.32 Å². The second-order valence-corrected chi connectivity index (χ2v) is 2.73. The van der Waals surface area contributed by atoms with Crippen molar-refractivity contribution in [2.75, 3.05) is 6.54 Å². The Morgan fingerprint density at radius 3 is 2.38 bits per heavy atom. The van der Waals surface area contributed by atoms with Gasteiger partial charge < -0.3 is 21.9 Å². The van der Waals surface area contributed by atoms with Gasteiger partial charge in [0.2, 0.25) is 11.8 Å². The van der Waals surface area contributed by atoms with Crippen LogP contribution in [0.5, 0.6) is 0 Å². The molecule has 0 saturated heterocycles. The van der Waals surface area contributed by atoms with Gasteiger partial charge in [0, 0.05) is 13.0 Å². The average molecular weight is 189 g/mol. The van der Waals surface area contributed by atoms with Gasteiger partial charge in [0.05, 0.1) is 6.10 Å². The topological polar surface area (TPSA) is 118 Å². The third-order valence-corrected chi connectivity index (χ3v) is 1.48. The molecule has 0 bridgehead atoms. The molecule has 6 nitrogen and oxygen atoms in total. The van der Waals surface area contributed by atoms with E-state index in [2.05, 4.69) is 5.32 Å². The van der Waals surface area contributed by atoms with Crippen molar-refractivity contribution in [2.45, 2.75) is 25.5 Å². The van der Waals surface area contributed by atoms with E-state index in [0.29, 0.717) is 0 Å². The lowest BCUT2D eigenvalue weighted by Crippen LogP contribution is -2.50. The van der Waals surface area contributed by atoms with Crippen molar-refractivity contribution in [3.63, 3.8) is 0 Å². The number of carbonyl (C=O) groups excluding carboxylic acids is 2. The van der Waals surface area contributed by atoms with Gasteiger partial charge in [0.25, 0.3) is 0 Å². The summed E-state index contributed by atoms with van der Waals surface area (Å²) < 4.78 is 0. The van der Waals surface area contributed by atoms with Crippen LogP contribution in [-0.4, -0.2) is 35.6 Å². The van der Waals surface area contributed by atoms with Crippen LogP contribution in [0.2, 0.25) is 0 Å². The molecule has 6 N–H and O–H groups in total. The summed E-state index contributed by atoms with van der Waals surface area (Å²) in [6, 6.07) is -1.04. The first kappa shape index (κ1) is 11.9. The second kappa shape index (κ2) is 5.50. The van der Waals surface area contributed by atoms with E-state index >= 15 is 0 Å². The van der Waals surface area contributed by atoms with Crippen LogP contribution in [-0.2, 0) is 9.59 Å². The molecule has 0 aromatic carbocycles. The highest BCUT2D eigenvalue weighted by molar-refractivity contribution is 5.87. The molecule has 2 unspecified atom stereocenters. The van der Waals surface area contributed by atoms with Crippen molar-refractivity contribution < 1.29 is 14.7 Å². The molecule has 0 radical (unpaired) electrons. The molecular weight excluding hydrogens is 174 g/mol. The number of primary amides is 1. The fourth-order valence-corrected chi connectivity index (χ4v) is 0.806. The van der Waals surface area contributed by atoms with E-state index in [1.807, 2.05) is 0 Å². The fraction of sp³-hybridized carbons (Fsp3) is 0.714. The van der Waals surface area contributed by atoms with Gasteiger partial charge in [0.1, 0.15) is 6.04 Å². The molecule has 76 valence electrons. The van der Waals surface area contributed by atoms with E-state index in [-0.39, 0.29) is 13.0 Å². The summed E-state index contributed by atoms with van der Waals surface area (Å²) in [5.41, 5.74) is 10.1. The lowest BCUT2D eigenvalue weighted by molar-refractivity contribution is -0.129. The predicted molar refractivity (Wildman–Crippen MR) is 46.5 cm³/mol. The first-order chi connectivity index (χ1) is 5.99. The number of amides is 2. The average Bonchev–Trinajstić information content (AvgIpc) is 1.99. The maximum absolute atomic E-state index is 11.0. The smallest absolute Gasteiger partial charge is 0.242 e. The number of hydrogen-bond acceptors (Lipinski definition) is 4. The highest BCUT2D eigenvalue weighted by Gasteiger charge is 2.22. The number of nitrogens with one attached hydrogen (secondary N) is 1. The van der Waals surface area contributed by atoms with Crippen LogP contribution in [0.3, 0.4) is 0 Å². The minimum atomic E-state index is -1.04. The third kappa shape index (κ3) is 4.44. The largest absolute Gasteiger partial charge is 0.391 e. The molecule has 0 aliphatic heterocycles. The number of rotatable bonds is 5. The van der Waals surface area contributed by atoms with E-state index in [0.717, 1.165) is 0 Å². The Bertz CT molecular complexity index is 193. The minimum Gasteiger partial charge on any atom is -0.391 e.